The van der Waals surface area contributed by atoms with E-state index in [0.717, 1.165) is 6.04 Å². The van der Waals surface area contributed by atoms with E-state index in [1.165, 1.54) is 0 Å². The van der Waals surface area contributed by atoms with Crippen LogP contribution in [-0.2, 0) is 49.4 Å². The molecule has 6 bridgehead atoms. The van der Waals surface area contributed by atoms with E-state index >= 15 is 0 Å². The van der Waals surface area contributed by atoms with Gasteiger partial charge in [0.2, 0.25) is 0 Å². The molecule has 4 aliphatic heterocycles. The van der Waals surface area contributed by atoms with Gasteiger partial charge in [0.25, 0.3) is 10.0 Å². The Labute approximate surface area is 342 Å². The second-order valence-electron chi connectivity index (χ2n) is 20.5. The molecule has 0 aromatic heterocycles. The molecule has 4 rings (SSSR count). The molecule has 0 aromatic rings. The van der Waals surface area contributed by atoms with Gasteiger partial charge in [-0.05, 0) is 52.9 Å². The molecule has 7 unspecified atom stereocenters. The first-order valence-electron chi connectivity index (χ1n) is 20.9. The lowest BCUT2D eigenvalue weighted by molar-refractivity contribution is -0.00145. The molecule has 4 aliphatic rings. The van der Waals surface area contributed by atoms with Crippen LogP contribution in [0.1, 0.15) is 118 Å². The predicted molar refractivity (Wildman–Crippen MR) is 232 cm³/mol. The molecule has 0 aromatic carbocycles. The highest BCUT2D eigenvalue weighted by Crippen LogP contribution is 2.52. The average Bonchev–Trinajstić information content (AvgIpc) is 2.85. The molecular formula is C33H78O12Si9. The Kier molecular flexibility index (Phi) is 16.2. The molecule has 21 heteroatoms. The minimum atomic E-state index is -3.94. The molecule has 318 valence electrons. The maximum atomic E-state index is 7.87. The Bertz CT molecular complexity index is 1230. The second kappa shape index (κ2) is 18.2. The van der Waals surface area contributed by atoms with E-state index < -0.39 is 81.4 Å². The third-order valence-corrected chi connectivity index (χ3v) is 49.3. The fourth-order valence-electron chi connectivity index (χ4n) is 7.84. The van der Waals surface area contributed by atoms with Crippen LogP contribution in [0.15, 0.2) is 0 Å². The molecule has 4 saturated heterocycles. The van der Waals surface area contributed by atoms with Crippen molar-refractivity contribution in [2.75, 3.05) is 0 Å². The van der Waals surface area contributed by atoms with Crippen LogP contribution in [-0.4, -0.2) is 81.4 Å². The van der Waals surface area contributed by atoms with Gasteiger partial charge in [-0.2, -0.15) is 0 Å². The van der Waals surface area contributed by atoms with Gasteiger partial charge in [-0.3, -0.25) is 0 Å². The van der Waals surface area contributed by atoms with Crippen LogP contribution in [0, 0.1) is 46.8 Å². The highest BCUT2D eigenvalue weighted by atomic mass is 28.6. The maximum Gasteiger partial charge on any atom is 0.479 e. The van der Waals surface area contributed by atoms with Gasteiger partial charge < -0.3 is 49.4 Å². The van der Waals surface area contributed by atoms with Gasteiger partial charge in [0, 0.05) is 42.3 Å². The minimum absolute atomic E-state index is 0.142. The molecule has 0 amide bonds. The standard InChI is InChI=1S/C33H78O12Si9/c1-26(2)18-46-34-48(19-27(3)4)37-51(22-30(9)10)38-49(20-28(5)6)35-47-36-50(21-29(7)8)40-52(39-49,23-31(11)12)44-53(43-51,24-32(13)14)45-54(41-48,42-50)25-33(15,16)17/h26-32H,18-25,46-47H2,1-17H3. The van der Waals surface area contributed by atoms with E-state index in [-0.39, 0.29) is 40.9 Å². The summed E-state index contributed by atoms with van der Waals surface area (Å²) in [5.74, 6) is 1.48. The van der Waals surface area contributed by atoms with E-state index in [2.05, 4.69) is 118 Å². The zero-order chi connectivity index (χ0) is 40.6. The molecule has 4 fully saturated rings. The van der Waals surface area contributed by atoms with Crippen LogP contribution in [0.2, 0.25) is 48.4 Å². The molecule has 12 nitrogen and oxygen atoms in total. The minimum Gasteiger partial charge on any atom is -0.422 e. The van der Waals surface area contributed by atoms with Crippen molar-refractivity contribution in [3.05, 3.63) is 0 Å². The van der Waals surface area contributed by atoms with E-state index in [4.69, 9.17) is 49.4 Å². The summed E-state index contributed by atoms with van der Waals surface area (Å²) in [5.41, 5.74) is -0.277. The molecule has 54 heavy (non-hydrogen) atoms. The molecule has 0 saturated carbocycles. The Morgan fingerprint density at radius 3 is 1.11 bits per heavy atom. The third kappa shape index (κ3) is 13.0. The Morgan fingerprint density at radius 2 is 0.741 bits per heavy atom. The summed E-state index contributed by atoms with van der Waals surface area (Å²) in [5, 5.41) is 0. The average molecular weight is 920 g/mol. The van der Waals surface area contributed by atoms with Crippen molar-refractivity contribution in [3.8, 4) is 0 Å². The summed E-state index contributed by atoms with van der Waals surface area (Å²) in [7, 11) is -29.5. The van der Waals surface area contributed by atoms with Crippen LogP contribution in [0.5, 0.6) is 0 Å². The van der Waals surface area contributed by atoms with Gasteiger partial charge in [-0.25, -0.2) is 0 Å². The maximum absolute atomic E-state index is 7.87. The summed E-state index contributed by atoms with van der Waals surface area (Å²) in [6, 6.07) is 4.68. The molecule has 0 radical (unpaired) electrons. The van der Waals surface area contributed by atoms with Gasteiger partial charge in [-0.1, -0.05) is 118 Å². The fourth-order valence-corrected chi connectivity index (χ4v) is 56.6. The van der Waals surface area contributed by atoms with E-state index in [1.807, 2.05) is 0 Å². The molecule has 0 aliphatic carbocycles. The number of rotatable bonds is 17. The quantitative estimate of drug-likeness (QED) is 0.132. The van der Waals surface area contributed by atoms with Crippen LogP contribution in [0.4, 0.5) is 0 Å². The van der Waals surface area contributed by atoms with Crippen molar-refractivity contribution in [1.29, 1.82) is 0 Å². The second-order valence-corrected chi connectivity index (χ2v) is 44.9. The van der Waals surface area contributed by atoms with Gasteiger partial charge in [0.1, 0.15) is 0 Å². The zero-order valence-electron chi connectivity index (χ0n) is 37.0. The molecular weight excluding hydrogens is 841 g/mol. The Morgan fingerprint density at radius 1 is 0.426 bits per heavy atom. The van der Waals surface area contributed by atoms with Crippen molar-refractivity contribution in [3.63, 3.8) is 0 Å². The van der Waals surface area contributed by atoms with Gasteiger partial charge in [0.05, 0.1) is 0 Å². The summed E-state index contributed by atoms with van der Waals surface area (Å²) in [6.07, 6.45) is 0. The van der Waals surface area contributed by atoms with Crippen LogP contribution < -0.4 is 0 Å². The highest BCUT2D eigenvalue weighted by molar-refractivity contribution is 7.00. The fraction of sp³-hybridized carbons (Fsp3) is 1.00. The Balaban J connectivity index is 2.20. The molecule has 0 spiro atoms. The summed E-state index contributed by atoms with van der Waals surface area (Å²) in [4.78, 5) is 0. The monoisotopic (exact) mass is 918 g/mol. The van der Waals surface area contributed by atoms with E-state index in [1.54, 1.807) is 0 Å². The summed E-state index contributed by atoms with van der Waals surface area (Å²) >= 11 is 0. The lowest BCUT2D eigenvalue weighted by Crippen LogP contribution is -2.84. The zero-order valence-corrected chi connectivity index (χ0v) is 46.8. The lowest BCUT2D eigenvalue weighted by atomic mass is 10.0. The summed E-state index contributed by atoms with van der Waals surface area (Å²) in [6.45, 7) is 37.4. The topological polar surface area (TPSA) is 111 Å². The first-order valence-corrected chi connectivity index (χ1v) is 37.2. The number of hydrogen-bond donors (Lipinski definition) is 0. The molecule has 0 N–H and O–H groups in total. The first kappa shape index (κ1) is 48.1. The molecule has 7 atom stereocenters. The van der Waals surface area contributed by atoms with Crippen molar-refractivity contribution in [1.82, 2.24) is 0 Å². The normalized spacial score (nSPS) is 38.4. The van der Waals surface area contributed by atoms with Crippen LogP contribution in [0.3, 0.4) is 0 Å². The Hall–Kier alpha value is 1.47. The summed E-state index contributed by atoms with van der Waals surface area (Å²) < 4.78 is 91.6. The van der Waals surface area contributed by atoms with E-state index in [0.29, 0.717) is 48.2 Å². The van der Waals surface area contributed by atoms with Gasteiger partial charge >= 0.3 is 61.6 Å². The highest BCUT2D eigenvalue weighted by Gasteiger charge is 2.78. The van der Waals surface area contributed by atoms with Gasteiger partial charge in [-0.15, -0.1) is 0 Å². The van der Waals surface area contributed by atoms with Crippen molar-refractivity contribution in [2.45, 2.75) is 166 Å². The molecule has 4 heterocycles. The van der Waals surface area contributed by atoms with E-state index in [9.17, 15) is 0 Å². The number of hydrogen-bond acceptors (Lipinski definition) is 12. The SMILES string of the molecule is CC(C)C[SiH2]O[Si]1(CC(C)C)O[Si]2(CC(C)C)O[Si]3(CC(C)C)O[SiH2]O[Si]4(CC(C)C)O[Si](CC(C)(C)C)(O1)O[Si](CC(C)C)(O2)O[Si](CC(C)C)(O3)O4. The van der Waals surface area contributed by atoms with Crippen molar-refractivity contribution in [2.24, 2.45) is 46.8 Å². The van der Waals surface area contributed by atoms with Crippen molar-refractivity contribution >= 4 is 81.4 Å². The number of fused-ring (bicyclic) bond motifs is 4. The smallest absolute Gasteiger partial charge is 0.422 e. The van der Waals surface area contributed by atoms with Crippen LogP contribution in [0.25, 0.3) is 0 Å². The van der Waals surface area contributed by atoms with Crippen molar-refractivity contribution < 1.29 is 49.4 Å². The lowest BCUT2D eigenvalue weighted by Gasteiger charge is -2.60. The third-order valence-electron chi connectivity index (χ3n) is 9.07. The largest absolute Gasteiger partial charge is 0.479 e. The van der Waals surface area contributed by atoms with Crippen LogP contribution >= 0.6 is 0 Å². The first-order chi connectivity index (χ1) is 24.7. The van der Waals surface area contributed by atoms with Gasteiger partial charge in [0.15, 0.2) is 9.76 Å². The predicted octanol–water partition coefficient (Wildman–Crippen LogP) is 7.95.